The molecule has 0 N–H and O–H groups in total. The van der Waals surface area contributed by atoms with Crippen LogP contribution in [-0.2, 0) is 6.18 Å². The van der Waals surface area contributed by atoms with Crippen molar-refractivity contribution in [1.82, 2.24) is 9.55 Å². The number of aryl methyl sites for hydroxylation is 1. The van der Waals surface area contributed by atoms with Gasteiger partial charge in [-0.05, 0) is 24.1 Å². The number of nitrogens with zero attached hydrogens (tertiary/aromatic N) is 2. The number of hydrogen-bond acceptors (Lipinski definition) is 4. The molecule has 0 bridgehead atoms. The van der Waals surface area contributed by atoms with Crippen molar-refractivity contribution in [3.05, 3.63) is 38.4 Å². The molecule has 2 aromatic heterocycles. The number of thiophene rings is 1. The molecular weight excluding hydrogens is 297 g/mol. The fraction of sp³-hybridized carbons (Fsp3) is 0.273. The highest BCUT2D eigenvalue weighted by Crippen LogP contribution is 2.29. The summed E-state index contributed by atoms with van der Waals surface area (Å²) in [6.45, 7) is 1.79. The van der Waals surface area contributed by atoms with Crippen LogP contribution in [0.4, 0.5) is 13.2 Å². The summed E-state index contributed by atoms with van der Waals surface area (Å²) >= 11 is 2.38. The summed E-state index contributed by atoms with van der Waals surface area (Å²) in [5.74, 6) is 0. The molecular formula is C11H9F3N2OS2. The first kappa shape index (κ1) is 14.1. The Labute approximate surface area is 115 Å². The third kappa shape index (κ3) is 2.69. The van der Waals surface area contributed by atoms with Gasteiger partial charge < -0.3 is 0 Å². The van der Waals surface area contributed by atoms with E-state index in [1.54, 1.807) is 18.6 Å². The van der Waals surface area contributed by atoms with Gasteiger partial charge in [-0.2, -0.15) is 13.2 Å². The third-order valence-corrected chi connectivity index (χ3v) is 3.92. The van der Waals surface area contributed by atoms with E-state index in [-0.39, 0.29) is 5.16 Å². The Morgan fingerprint density at radius 3 is 2.53 bits per heavy atom. The standard InChI is InChI=1S/C11H9F3N2OS2/c1-6-4-19-5-7(6)16-9(17)3-8(11(12,13)14)15-10(16)18-2/h3-5H,1-2H3. The molecule has 2 aromatic rings. The first-order valence-corrected chi connectivity index (χ1v) is 7.30. The van der Waals surface area contributed by atoms with Crippen molar-refractivity contribution in [2.75, 3.05) is 6.26 Å². The molecule has 19 heavy (non-hydrogen) atoms. The van der Waals surface area contributed by atoms with Crippen LogP contribution in [0.3, 0.4) is 0 Å². The van der Waals surface area contributed by atoms with Crippen molar-refractivity contribution in [3.8, 4) is 5.69 Å². The lowest BCUT2D eigenvalue weighted by Gasteiger charge is -2.12. The Kier molecular flexibility index (Phi) is 3.73. The van der Waals surface area contributed by atoms with Crippen molar-refractivity contribution in [3.63, 3.8) is 0 Å². The second-order valence-electron chi connectivity index (χ2n) is 3.74. The van der Waals surface area contributed by atoms with Gasteiger partial charge in [0.15, 0.2) is 10.9 Å². The number of aromatic nitrogens is 2. The predicted molar refractivity (Wildman–Crippen MR) is 69.2 cm³/mol. The second-order valence-corrected chi connectivity index (χ2v) is 5.26. The summed E-state index contributed by atoms with van der Waals surface area (Å²) in [7, 11) is 0. The average Bonchev–Trinajstić information content (AvgIpc) is 2.73. The van der Waals surface area contributed by atoms with E-state index in [9.17, 15) is 18.0 Å². The van der Waals surface area contributed by atoms with Gasteiger partial charge in [-0.1, -0.05) is 11.8 Å². The Morgan fingerprint density at radius 2 is 2.05 bits per heavy atom. The number of hydrogen-bond donors (Lipinski definition) is 0. The first-order valence-electron chi connectivity index (χ1n) is 5.13. The summed E-state index contributed by atoms with van der Waals surface area (Å²) < 4.78 is 39.1. The van der Waals surface area contributed by atoms with E-state index in [0.29, 0.717) is 11.8 Å². The van der Waals surface area contributed by atoms with E-state index in [1.807, 2.05) is 5.38 Å². The quantitative estimate of drug-likeness (QED) is 0.630. The minimum atomic E-state index is -4.62. The Morgan fingerprint density at radius 1 is 1.37 bits per heavy atom. The zero-order valence-electron chi connectivity index (χ0n) is 9.99. The molecule has 0 saturated carbocycles. The molecule has 3 nitrogen and oxygen atoms in total. The van der Waals surface area contributed by atoms with Gasteiger partial charge in [-0.15, -0.1) is 11.3 Å². The fourth-order valence-corrected chi connectivity index (χ4v) is 2.92. The molecule has 2 rings (SSSR count). The van der Waals surface area contributed by atoms with Crippen LogP contribution in [0.1, 0.15) is 11.3 Å². The molecule has 0 amide bonds. The predicted octanol–water partition coefficient (Wildman–Crippen LogP) is 3.34. The van der Waals surface area contributed by atoms with Crippen LogP contribution in [0.2, 0.25) is 0 Å². The lowest BCUT2D eigenvalue weighted by atomic mass is 10.3. The molecule has 0 aliphatic rings. The Bertz CT molecular complexity index is 661. The lowest BCUT2D eigenvalue weighted by Crippen LogP contribution is -2.24. The molecule has 0 aromatic carbocycles. The fourth-order valence-electron chi connectivity index (χ4n) is 1.55. The van der Waals surface area contributed by atoms with Crippen molar-refractivity contribution in [1.29, 1.82) is 0 Å². The zero-order valence-corrected chi connectivity index (χ0v) is 11.6. The molecule has 0 radical (unpaired) electrons. The molecule has 0 aliphatic heterocycles. The van der Waals surface area contributed by atoms with Crippen LogP contribution in [0.15, 0.2) is 26.8 Å². The third-order valence-electron chi connectivity index (χ3n) is 2.43. The van der Waals surface area contributed by atoms with Crippen molar-refractivity contribution < 1.29 is 13.2 Å². The molecule has 102 valence electrons. The maximum Gasteiger partial charge on any atom is 0.433 e. The van der Waals surface area contributed by atoms with E-state index in [4.69, 9.17) is 0 Å². The molecule has 2 heterocycles. The van der Waals surface area contributed by atoms with Crippen LogP contribution in [0.25, 0.3) is 5.69 Å². The van der Waals surface area contributed by atoms with Gasteiger partial charge in [0.05, 0.1) is 5.69 Å². The van der Waals surface area contributed by atoms with Crippen molar-refractivity contribution in [2.45, 2.75) is 18.3 Å². The van der Waals surface area contributed by atoms with E-state index < -0.39 is 17.4 Å². The average molecular weight is 306 g/mol. The van der Waals surface area contributed by atoms with Crippen LogP contribution in [-0.4, -0.2) is 15.8 Å². The minimum Gasteiger partial charge on any atom is -0.269 e. The van der Waals surface area contributed by atoms with Crippen LogP contribution in [0.5, 0.6) is 0 Å². The van der Waals surface area contributed by atoms with Crippen molar-refractivity contribution >= 4 is 23.1 Å². The highest BCUT2D eigenvalue weighted by molar-refractivity contribution is 7.98. The molecule has 0 saturated heterocycles. The molecule has 0 aliphatic carbocycles. The summed E-state index contributed by atoms with van der Waals surface area (Å²) in [5, 5.41) is 3.57. The SMILES string of the molecule is CSc1nc(C(F)(F)F)cc(=O)n1-c1cscc1C. The van der Waals surface area contributed by atoms with E-state index in [2.05, 4.69) is 4.98 Å². The van der Waals surface area contributed by atoms with E-state index >= 15 is 0 Å². The number of halogens is 3. The van der Waals surface area contributed by atoms with Gasteiger partial charge >= 0.3 is 6.18 Å². The monoisotopic (exact) mass is 306 g/mol. The number of thioether (sulfide) groups is 1. The zero-order chi connectivity index (χ0) is 14.2. The molecule has 0 unspecified atom stereocenters. The van der Waals surface area contributed by atoms with Crippen LogP contribution in [0, 0.1) is 6.92 Å². The normalized spacial score (nSPS) is 11.8. The van der Waals surface area contributed by atoms with Gasteiger partial charge in [-0.3, -0.25) is 9.36 Å². The molecule has 0 fully saturated rings. The maximum atomic E-state index is 12.6. The van der Waals surface area contributed by atoms with Gasteiger partial charge in [0.2, 0.25) is 0 Å². The molecule has 0 spiro atoms. The Balaban J connectivity index is 2.71. The van der Waals surface area contributed by atoms with Gasteiger partial charge in [0.1, 0.15) is 0 Å². The highest BCUT2D eigenvalue weighted by atomic mass is 32.2. The minimum absolute atomic E-state index is 0.0290. The van der Waals surface area contributed by atoms with Gasteiger partial charge in [0, 0.05) is 11.4 Å². The number of rotatable bonds is 2. The van der Waals surface area contributed by atoms with Crippen molar-refractivity contribution in [2.24, 2.45) is 0 Å². The van der Waals surface area contributed by atoms with Gasteiger partial charge in [-0.25, -0.2) is 4.98 Å². The number of alkyl halides is 3. The summed E-state index contributed by atoms with van der Waals surface area (Å²) in [6, 6.07) is 0.525. The largest absolute Gasteiger partial charge is 0.433 e. The first-order chi connectivity index (χ1) is 8.84. The molecule has 8 heteroatoms. The van der Waals surface area contributed by atoms with Crippen LogP contribution >= 0.6 is 23.1 Å². The maximum absolute atomic E-state index is 12.6. The van der Waals surface area contributed by atoms with E-state index in [1.165, 1.54) is 15.9 Å². The summed E-state index contributed by atoms with van der Waals surface area (Å²) in [4.78, 5) is 15.5. The smallest absolute Gasteiger partial charge is 0.269 e. The van der Waals surface area contributed by atoms with Gasteiger partial charge in [0.25, 0.3) is 5.56 Å². The van der Waals surface area contributed by atoms with Crippen LogP contribution < -0.4 is 5.56 Å². The topological polar surface area (TPSA) is 34.9 Å². The Hall–Kier alpha value is -1.28. The summed E-state index contributed by atoms with van der Waals surface area (Å²) in [6.07, 6.45) is -3.04. The summed E-state index contributed by atoms with van der Waals surface area (Å²) in [5.41, 5.74) is -0.497. The lowest BCUT2D eigenvalue weighted by molar-refractivity contribution is -0.141. The second kappa shape index (κ2) is 5.01. The highest BCUT2D eigenvalue weighted by Gasteiger charge is 2.34. The molecule has 0 atom stereocenters. The van der Waals surface area contributed by atoms with E-state index in [0.717, 1.165) is 17.3 Å².